The summed E-state index contributed by atoms with van der Waals surface area (Å²) in [7, 11) is -3.70. The van der Waals surface area contributed by atoms with E-state index >= 15 is 0 Å². The topological polar surface area (TPSA) is 99.2 Å². The third-order valence-electron chi connectivity index (χ3n) is 3.75. The molecule has 20 heavy (non-hydrogen) atoms. The van der Waals surface area contributed by atoms with Crippen LogP contribution in [-0.2, 0) is 21.3 Å². The Labute approximate surface area is 119 Å². The van der Waals surface area contributed by atoms with Crippen LogP contribution in [0.1, 0.15) is 33.6 Å². The maximum atomic E-state index is 12.5. The van der Waals surface area contributed by atoms with E-state index in [9.17, 15) is 8.42 Å². The van der Waals surface area contributed by atoms with Crippen LogP contribution in [0.25, 0.3) is 0 Å². The van der Waals surface area contributed by atoms with Gasteiger partial charge in [-0.1, -0.05) is 6.92 Å². The van der Waals surface area contributed by atoms with Crippen molar-refractivity contribution >= 4 is 15.8 Å². The SMILES string of the molecule is CCCn1cc(S(=O)(=O)NC2(C)CCOC2C)c(N)n1. The zero-order valence-corrected chi connectivity index (χ0v) is 12.9. The van der Waals surface area contributed by atoms with Crippen LogP contribution in [-0.4, -0.2) is 36.4 Å². The summed E-state index contributed by atoms with van der Waals surface area (Å²) in [6.45, 7) is 6.87. The Kier molecular flexibility index (Phi) is 4.08. The van der Waals surface area contributed by atoms with Crippen molar-refractivity contribution in [2.24, 2.45) is 0 Å². The van der Waals surface area contributed by atoms with Gasteiger partial charge in [0.2, 0.25) is 10.0 Å². The van der Waals surface area contributed by atoms with Crippen LogP contribution in [0, 0.1) is 0 Å². The van der Waals surface area contributed by atoms with Gasteiger partial charge < -0.3 is 10.5 Å². The van der Waals surface area contributed by atoms with Gasteiger partial charge in [0.25, 0.3) is 0 Å². The normalized spacial score (nSPS) is 27.1. The van der Waals surface area contributed by atoms with Gasteiger partial charge >= 0.3 is 0 Å². The van der Waals surface area contributed by atoms with Crippen molar-refractivity contribution in [3.63, 3.8) is 0 Å². The molecule has 0 aliphatic carbocycles. The number of aryl methyl sites for hydroxylation is 1. The first kappa shape index (κ1) is 15.3. The summed E-state index contributed by atoms with van der Waals surface area (Å²) in [5.41, 5.74) is 5.11. The van der Waals surface area contributed by atoms with E-state index in [1.807, 2.05) is 20.8 Å². The molecule has 1 aliphatic rings. The Morgan fingerprint density at radius 2 is 2.35 bits per heavy atom. The third kappa shape index (κ3) is 2.82. The number of hydrogen-bond acceptors (Lipinski definition) is 5. The maximum absolute atomic E-state index is 12.5. The average Bonchev–Trinajstić information content (AvgIpc) is 2.84. The fourth-order valence-electron chi connectivity index (χ4n) is 2.30. The molecule has 0 saturated carbocycles. The molecule has 2 heterocycles. The first-order chi connectivity index (χ1) is 9.28. The molecule has 0 spiro atoms. The zero-order chi connectivity index (χ0) is 15.0. The Morgan fingerprint density at radius 3 is 2.90 bits per heavy atom. The fourth-order valence-corrected chi connectivity index (χ4v) is 3.87. The number of sulfonamides is 1. The van der Waals surface area contributed by atoms with E-state index in [2.05, 4.69) is 9.82 Å². The molecule has 1 saturated heterocycles. The van der Waals surface area contributed by atoms with Crippen molar-refractivity contribution in [1.29, 1.82) is 0 Å². The average molecular weight is 302 g/mol. The van der Waals surface area contributed by atoms with Gasteiger partial charge in [-0.15, -0.1) is 0 Å². The van der Waals surface area contributed by atoms with Gasteiger partial charge in [0.05, 0.1) is 11.6 Å². The van der Waals surface area contributed by atoms with E-state index in [1.165, 1.54) is 6.20 Å². The van der Waals surface area contributed by atoms with E-state index < -0.39 is 15.6 Å². The summed E-state index contributed by atoms with van der Waals surface area (Å²) in [4.78, 5) is 0.0336. The van der Waals surface area contributed by atoms with Crippen molar-refractivity contribution in [3.05, 3.63) is 6.20 Å². The van der Waals surface area contributed by atoms with Gasteiger partial charge in [0.1, 0.15) is 4.90 Å². The summed E-state index contributed by atoms with van der Waals surface area (Å²) >= 11 is 0. The Balaban J connectivity index is 2.26. The highest BCUT2D eigenvalue weighted by atomic mass is 32.2. The molecule has 0 amide bonds. The molecule has 2 rings (SSSR count). The second kappa shape index (κ2) is 5.34. The number of nitrogen functional groups attached to an aromatic ring is 1. The number of ether oxygens (including phenoxy) is 1. The molecule has 0 radical (unpaired) electrons. The standard InChI is InChI=1S/C12H22N4O3S/c1-4-6-16-8-10(11(13)14-16)20(17,18)15-12(3)5-7-19-9(12)2/h8-9,15H,4-7H2,1-3H3,(H2,13,14). The first-order valence-corrected chi connectivity index (χ1v) is 8.25. The maximum Gasteiger partial charge on any atom is 0.246 e. The second-order valence-corrected chi connectivity index (χ2v) is 7.08. The Hall–Kier alpha value is -1.12. The van der Waals surface area contributed by atoms with Crippen molar-refractivity contribution in [2.75, 3.05) is 12.3 Å². The number of rotatable bonds is 5. The predicted octanol–water partition coefficient (Wildman–Crippen LogP) is 0.721. The highest BCUT2D eigenvalue weighted by Crippen LogP contribution is 2.28. The predicted molar refractivity (Wildman–Crippen MR) is 75.7 cm³/mol. The quantitative estimate of drug-likeness (QED) is 0.835. The Morgan fingerprint density at radius 1 is 1.65 bits per heavy atom. The minimum Gasteiger partial charge on any atom is -0.381 e. The minimum absolute atomic E-state index is 0.0288. The molecule has 2 unspecified atom stereocenters. The van der Waals surface area contributed by atoms with Gasteiger partial charge in [-0.2, -0.15) is 5.10 Å². The Bertz CT molecular complexity index is 584. The summed E-state index contributed by atoms with van der Waals surface area (Å²) < 4.78 is 34.7. The molecule has 114 valence electrons. The summed E-state index contributed by atoms with van der Waals surface area (Å²) in [6, 6.07) is 0. The number of hydrogen-bond donors (Lipinski definition) is 2. The lowest BCUT2D eigenvalue weighted by molar-refractivity contribution is 0.0957. The lowest BCUT2D eigenvalue weighted by atomic mass is 9.97. The highest BCUT2D eigenvalue weighted by Gasteiger charge is 2.41. The molecule has 0 bridgehead atoms. The largest absolute Gasteiger partial charge is 0.381 e. The zero-order valence-electron chi connectivity index (χ0n) is 12.1. The van der Waals surface area contributed by atoms with E-state index in [1.54, 1.807) is 4.68 Å². The van der Waals surface area contributed by atoms with Crippen LogP contribution >= 0.6 is 0 Å². The van der Waals surface area contributed by atoms with Crippen molar-refractivity contribution < 1.29 is 13.2 Å². The van der Waals surface area contributed by atoms with E-state index in [0.29, 0.717) is 19.6 Å². The van der Waals surface area contributed by atoms with E-state index in [0.717, 1.165) is 6.42 Å². The third-order valence-corrected chi connectivity index (χ3v) is 5.38. The summed E-state index contributed by atoms with van der Waals surface area (Å²) in [6.07, 6.45) is 2.79. The van der Waals surface area contributed by atoms with Crippen LogP contribution in [0.5, 0.6) is 0 Å². The number of anilines is 1. The van der Waals surface area contributed by atoms with Gasteiger partial charge in [-0.25, -0.2) is 13.1 Å². The van der Waals surface area contributed by atoms with Crippen LogP contribution in [0.4, 0.5) is 5.82 Å². The molecular weight excluding hydrogens is 280 g/mol. The molecule has 2 atom stereocenters. The molecule has 1 aromatic rings. The van der Waals surface area contributed by atoms with Crippen LogP contribution < -0.4 is 10.5 Å². The number of nitrogens with two attached hydrogens (primary N) is 1. The molecule has 1 aliphatic heterocycles. The van der Waals surface area contributed by atoms with Crippen molar-refractivity contribution in [3.8, 4) is 0 Å². The van der Waals surface area contributed by atoms with Gasteiger partial charge in [-0.3, -0.25) is 4.68 Å². The highest BCUT2D eigenvalue weighted by molar-refractivity contribution is 7.89. The van der Waals surface area contributed by atoms with Gasteiger partial charge in [-0.05, 0) is 26.7 Å². The second-order valence-electron chi connectivity index (χ2n) is 5.43. The number of aromatic nitrogens is 2. The molecule has 8 heteroatoms. The summed E-state index contributed by atoms with van der Waals surface area (Å²) in [5, 5.41) is 4.03. The molecule has 1 aromatic heterocycles. The van der Waals surface area contributed by atoms with E-state index in [-0.39, 0.29) is 16.8 Å². The van der Waals surface area contributed by atoms with Crippen LogP contribution in [0.15, 0.2) is 11.1 Å². The van der Waals surface area contributed by atoms with Crippen LogP contribution in [0.3, 0.4) is 0 Å². The number of nitrogens with zero attached hydrogens (tertiary/aromatic N) is 2. The summed E-state index contributed by atoms with van der Waals surface area (Å²) in [5.74, 6) is 0.0288. The smallest absolute Gasteiger partial charge is 0.246 e. The lowest BCUT2D eigenvalue weighted by Crippen LogP contribution is -2.50. The monoisotopic (exact) mass is 302 g/mol. The number of nitrogens with one attached hydrogen (secondary N) is 1. The fraction of sp³-hybridized carbons (Fsp3) is 0.750. The van der Waals surface area contributed by atoms with Crippen molar-refractivity contribution in [1.82, 2.24) is 14.5 Å². The van der Waals surface area contributed by atoms with Crippen LogP contribution in [0.2, 0.25) is 0 Å². The van der Waals surface area contributed by atoms with Gasteiger partial charge in [0, 0.05) is 19.3 Å². The molecule has 7 nitrogen and oxygen atoms in total. The van der Waals surface area contributed by atoms with Gasteiger partial charge in [0.15, 0.2) is 5.82 Å². The molecule has 0 aromatic carbocycles. The lowest BCUT2D eigenvalue weighted by Gasteiger charge is -2.28. The molecular formula is C12H22N4O3S. The molecule has 1 fully saturated rings. The first-order valence-electron chi connectivity index (χ1n) is 6.77. The minimum atomic E-state index is -3.70. The molecule has 3 N–H and O–H groups in total. The van der Waals surface area contributed by atoms with E-state index in [4.69, 9.17) is 10.5 Å². The van der Waals surface area contributed by atoms with Crippen molar-refractivity contribution in [2.45, 2.75) is 56.7 Å².